The minimum Gasteiger partial charge on any atom is -0.481 e. The molecule has 0 aromatic heterocycles. The lowest BCUT2D eigenvalue weighted by atomic mass is 10.0. The van der Waals surface area contributed by atoms with Crippen LogP contribution in [0.4, 0.5) is 4.79 Å². The molecule has 3 rings (SSSR count). The number of nitrogens with zero attached hydrogens (tertiary/aromatic N) is 1. The number of carboxylic acid groups (broad SMARTS) is 1. The normalized spacial score (nSPS) is 20.9. The number of nitrogens with one attached hydrogen (secondary N) is 1. The number of benzene rings is 1. The van der Waals surface area contributed by atoms with Gasteiger partial charge in [-0.15, -0.1) is 0 Å². The molecule has 22 heavy (non-hydrogen) atoms. The number of rotatable bonds is 4. The molecule has 1 fully saturated rings. The average molecular weight is 302 g/mol. The van der Waals surface area contributed by atoms with Crippen LogP contribution in [0.1, 0.15) is 24.0 Å². The number of likely N-dealkylation sites (tertiary alicyclic amines) is 1. The zero-order valence-electron chi connectivity index (χ0n) is 12.6. The van der Waals surface area contributed by atoms with E-state index in [1.54, 1.807) is 4.90 Å². The second kappa shape index (κ2) is 6.38. The fourth-order valence-corrected chi connectivity index (χ4v) is 3.50. The molecule has 2 amide bonds. The van der Waals surface area contributed by atoms with Gasteiger partial charge in [-0.1, -0.05) is 24.3 Å². The van der Waals surface area contributed by atoms with Crippen LogP contribution in [0.25, 0.3) is 0 Å². The Morgan fingerprint density at radius 3 is 2.50 bits per heavy atom. The number of fused-ring (bicyclic) bond motifs is 1. The van der Waals surface area contributed by atoms with Crippen LogP contribution in [-0.2, 0) is 17.6 Å². The van der Waals surface area contributed by atoms with E-state index in [1.807, 2.05) is 0 Å². The second-order valence-corrected chi connectivity index (χ2v) is 6.33. The van der Waals surface area contributed by atoms with Crippen LogP contribution in [0.3, 0.4) is 0 Å². The van der Waals surface area contributed by atoms with Crippen molar-refractivity contribution in [3.63, 3.8) is 0 Å². The van der Waals surface area contributed by atoms with Gasteiger partial charge in [0.05, 0.1) is 5.92 Å². The maximum Gasteiger partial charge on any atom is 0.317 e. The van der Waals surface area contributed by atoms with Gasteiger partial charge in [0.1, 0.15) is 0 Å². The van der Waals surface area contributed by atoms with Crippen molar-refractivity contribution in [1.82, 2.24) is 10.2 Å². The number of urea groups is 1. The van der Waals surface area contributed by atoms with E-state index in [-0.39, 0.29) is 6.03 Å². The van der Waals surface area contributed by atoms with Crippen molar-refractivity contribution in [2.45, 2.75) is 25.7 Å². The van der Waals surface area contributed by atoms with Crippen molar-refractivity contribution in [3.8, 4) is 0 Å². The summed E-state index contributed by atoms with van der Waals surface area (Å²) in [4.78, 5) is 24.5. The van der Waals surface area contributed by atoms with Gasteiger partial charge in [-0.25, -0.2) is 4.79 Å². The molecular weight excluding hydrogens is 280 g/mol. The summed E-state index contributed by atoms with van der Waals surface area (Å²) in [5.41, 5.74) is 2.87. The number of carboxylic acids is 1. The third-order valence-electron chi connectivity index (χ3n) is 4.79. The molecule has 0 saturated carbocycles. The average Bonchev–Trinajstić information content (AvgIpc) is 3.13. The molecule has 118 valence electrons. The Balaban J connectivity index is 1.39. The number of aliphatic carboxylic acids is 1. The minimum atomic E-state index is -0.806. The third-order valence-corrected chi connectivity index (χ3v) is 4.79. The first-order valence-electron chi connectivity index (χ1n) is 7.96. The van der Waals surface area contributed by atoms with Crippen LogP contribution in [0.2, 0.25) is 0 Å². The van der Waals surface area contributed by atoms with Crippen molar-refractivity contribution in [1.29, 1.82) is 0 Å². The molecule has 1 aromatic carbocycles. The number of hydrogen-bond acceptors (Lipinski definition) is 2. The molecule has 5 heteroatoms. The van der Waals surface area contributed by atoms with E-state index >= 15 is 0 Å². The Morgan fingerprint density at radius 2 is 1.91 bits per heavy atom. The Labute approximate surface area is 130 Å². The van der Waals surface area contributed by atoms with Crippen LogP contribution in [0.5, 0.6) is 0 Å². The highest BCUT2D eigenvalue weighted by molar-refractivity contribution is 5.77. The van der Waals surface area contributed by atoms with Crippen LogP contribution < -0.4 is 5.32 Å². The Bertz CT molecular complexity index is 548. The highest BCUT2D eigenvalue weighted by Gasteiger charge is 2.30. The van der Waals surface area contributed by atoms with E-state index in [1.165, 1.54) is 11.1 Å². The van der Waals surface area contributed by atoms with Crippen molar-refractivity contribution in [2.75, 3.05) is 19.6 Å². The Hall–Kier alpha value is -2.04. The van der Waals surface area contributed by atoms with Gasteiger partial charge in [-0.2, -0.15) is 0 Å². The lowest BCUT2D eigenvalue weighted by Gasteiger charge is -2.17. The molecule has 0 bridgehead atoms. The maximum absolute atomic E-state index is 12.0. The van der Waals surface area contributed by atoms with Gasteiger partial charge in [-0.3, -0.25) is 4.79 Å². The molecule has 0 spiro atoms. The zero-order valence-corrected chi connectivity index (χ0v) is 12.6. The van der Waals surface area contributed by atoms with E-state index in [4.69, 9.17) is 5.11 Å². The molecule has 1 saturated heterocycles. The summed E-state index contributed by atoms with van der Waals surface area (Å²) in [6, 6.07) is 8.40. The summed E-state index contributed by atoms with van der Waals surface area (Å²) in [5, 5.41) is 11.9. The topological polar surface area (TPSA) is 69.6 Å². The summed E-state index contributed by atoms with van der Waals surface area (Å²) < 4.78 is 0. The number of carbonyl (C=O) groups excluding carboxylic acids is 1. The molecule has 5 nitrogen and oxygen atoms in total. The first-order valence-corrected chi connectivity index (χ1v) is 7.96. The van der Waals surface area contributed by atoms with Crippen LogP contribution in [0, 0.1) is 11.8 Å². The van der Waals surface area contributed by atoms with E-state index in [0.29, 0.717) is 32.0 Å². The minimum absolute atomic E-state index is 0.126. The summed E-state index contributed by atoms with van der Waals surface area (Å²) in [5.74, 6) is -0.614. The largest absolute Gasteiger partial charge is 0.481 e. The van der Waals surface area contributed by atoms with Gasteiger partial charge in [0.15, 0.2) is 0 Å². The molecule has 1 atom stereocenters. The quantitative estimate of drug-likeness (QED) is 0.892. The number of carbonyl (C=O) groups is 2. The van der Waals surface area contributed by atoms with Gasteiger partial charge >= 0.3 is 12.0 Å². The lowest BCUT2D eigenvalue weighted by molar-refractivity contribution is -0.141. The summed E-state index contributed by atoms with van der Waals surface area (Å²) >= 11 is 0. The first kappa shape index (κ1) is 14.9. The fourth-order valence-electron chi connectivity index (χ4n) is 3.50. The van der Waals surface area contributed by atoms with Crippen LogP contribution in [0.15, 0.2) is 24.3 Å². The van der Waals surface area contributed by atoms with E-state index in [2.05, 4.69) is 29.6 Å². The monoisotopic (exact) mass is 302 g/mol. The van der Waals surface area contributed by atoms with Gasteiger partial charge < -0.3 is 15.3 Å². The van der Waals surface area contributed by atoms with Crippen LogP contribution >= 0.6 is 0 Å². The number of hydrogen-bond donors (Lipinski definition) is 2. The second-order valence-electron chi connectivity index (χ2n) is 6.33. The van der Waals surface area contributed by atoms with E-state index in [9.17, 15) is 9.59 Å². The van der Waals surface area contributed by atoms with Crippen LogP contribution in [-0.4, -0.2) is 41.6 Å². The Kier molecular flexibility index (Phi) is 4.32. The first-order chi connectivity index (χ1) is 10.6. The summed E-state index contributed by atoms with van der Waals surface area (Å²) in [6.45, 7) is 1.53. The predicted molar refractivity (Wildman–Crippen MR) is 82.7 cm³/mol. The molecule has 1 aliphatic heterocycles. The molecule has 2 aliphatic rings. The fraction of sp³-hybridized carbons (Fsp3) is 0.529. The molecule has 0 radical (unpaired) electrons. The molecular formula is C17H22N2O3. The van der Waals surface area contributed by atoms with E-state index < -0.39 is 11.9 Å². The summed E-state index contributed by atoms with van der Waals surface area (Å²) in [7, 11) is 0. The van der Waals surface area contributed by atoms with Crippen molar-refractivity contribution in [3.05, 3.63) is 35.4 Å². The van der Waals surface area contributed by atoms with Gasteiger partial charge in [-0.05, 0) is 42.7 Å². The standard InChI is InChI=1S/C17H22N2O3/c20-16(21)15-6-8-19(11-15)17(22)18-7-5-12-9-13-3-1-2-4-14(13)10-12/h1-4,12,15H,5-11H2,(H,18,22)(H,20,21). The molecule has 2 N–H and O–H groups in total. The van der Waals surface area contributed by atoms with E-state index in [0.717, 1.165) is 19.3 Å². The third kappa shape index (κ3) is 3.24. The highest BCUT2D eigenvalue weighted by atomic mass is 16.4. The summed E-state index contributed by atoms with van der Waals surface area (Å²) in [6.07, 6.45) is 3.71. The molecule has 1 aliphatic carbocycles. The molecule has 1 aromatic rings. The zero-order chi connectivity index (χ0) is 15.5. The molecule has 1 unspecified atom stereocenters. The number of amides is 2. The maximum atomic E-state index is 12.0. The van der Waals surface area contributed by atoms with Gasteiger partial charge in [0.2, 0.25) is 0 Å². The molecule has 1 heterocycles. The van der Waals surface area contributed by atoms with Crippen molar-refractivity contribution in [2.24, 2.45) is 11.8 Å². The van der Waals surface area contributed by atoms with Gasteiger partial charge in [0.25, 0.3) is 0 Å². The van der Waals surface area contributed by atoms with Crippen molar-refractivity contribution < 1.29 is 14.7 Å². The predicted octanol–water partition coefficient (Wildman–Crippen LogP) is 1.91. The SMILES string of the molecule is O=C(O)C1CCN(C(=O)NCCC2Cc3ccccc3C2)C1. The Morgan fingerprint density at radius 1 is 1.23 bits per heavy atom. The van der Waals surface area contributed by atoms with Gasteiger partial charge in [0, 0.05) is 19.6 Å². The smallest absolute Gasteiger partial charge is 0.317 e. The lowest BCUT2D eigenvalue weighted by Crippen LogP contribution is -2.39. The van der Waals surface area contributed by atoms with Crippen molar-refractivity contribution >= 4 is 12.0 Å². The highest BCUT2D eigenvalue weighted by Crippen LogP contribution is 2.28.